The first kappa shape index (κ1) is 15.3. The minimum absolute atomic E-state index is 0.895. The van der Waals surface area contributed by atoms with Gasteiger partial charge in [-0.05, 0) is 54.7 Å². The lowest BCUT2D eigenvalue weighted by atomic mass is 10.2. The highest BCUT2D eigenvalue weighted by molar-refractivity contribution is 8.34. The van der Waals surface area contributed by atoms with Gasteiger partial charge >= 0.3 is 0 Å². The first-order valence-electron chi connectivity index (χ1n) is 8.53. The molecule has 2 aromatic rings. The first-order valence-corrected chi connectivity index (χ1v) is 10.5. The topological polar surface area (TPSA) is 3.24 Å². The van der Waals surface area contributed by atoms with Gasteiger partial charge in [-0.1, -0.05) is 49.6 Å². The number of fused-ring (bicyclic) bond motifs is 4. The van der Waals surface area contributed by atoms with Crippen molar-refractivity contribution in [1.29, 1.82) is 0 Å². The molecule has 4 rings (SSSR count). The van der Waals surface area contributed by atoms with E-state index < -0.39 is 10.0 Å². The highest BCUT2D eigenvalue weighted by Crippen LogP contribution is 2.73. The van der Waals surface area contributed by atoms with Gasteiger partial charge in [-0.2, -0.15) is 10.0 Å². The minimum Gasteiger partial charge on any atom is -0.309 e. The Hall–Kier alpha value is -2.19. The minimum atomic E-state index is -0.895. The average molecular weight is 334 g/mol. The third kappa shape index (κ3) is 2.17. The molecular weight excluding hydrogens is 310 g/mol. The monoisotopic (exact) mass is 333 g/mol. The molecule has 1 saturated heterocycles. The number of nitrogens with zero attached hydrogens (tertiary/aromatic N) is 1. The predicted octanol–water partition coefficient (Wildman–Crippen LogP) is 6.41. The maximum Gasteiger partial charge on any atom is 0.0585 e. The van der Waals surface area contributed by atoms with Crippen LogP contribution in [0.15, 0.2) is 95.4 Å². The van der Waals surface area contributed by atoms with E-state index in [0.717, 1.165) is 5.70 Å². The molecule has 1 nitrogen and oxygen atoms in total. The smallest absolute Gasteiger partial charge is 0.0585 e. The molecule has 0 N–H and O–H groups in total. The van der Waals surface area contributed by atoms with Crippen LogP contribution in [0.4, 0.5) is 11.4 Å². The molecule has 24 heavy (non-hydrogen) atoms. The van der Waals surface area contributed by atoms with Crippen LogP contribution in [0.2, 0.25) is 0 Å². The molecule has 2 heteroatoms. The molecule has 122 valence electrons. The Morgan fingerprint density at radius 1 is 0.917 bits per heavy atom. The van der Waals surface area contributed by atoms with E-state index >= 15 is 0 Å². The number of para-hydroxylation sites is 2. The van der Waals surface area contributed by atoms with Crippen LogP contribution in [0.3, 0.4) is 0 Å². The van der Waals surface area contributed by atoms with E-state index in [9.17, 15) is 0 Å². The van der Waals surface area contributed by atoms with Crippen molar-refractivity contribution >= 4 is 21.4 Å². The summed E-state index contributed by atoms with van der Waals surface area (Å²) in [6, 6.07) is 17.9. The lowest BCUT2D eigenvalue weighted by molar-refractivity contribution is 0.949. The molecule has 0 atom stereocenters. The lowest BCUT2D eigenvalue weighted by Crippen LogP contribution is -2.24. The van der Waals surface area contributed by atoms with Crippen LogP contribution in [0.25, 0.3) is 0 Å². The van der Waals surface area contributed by atoms with Crippen molar-refractivity contribution in [3.05, 3.63) is 85.6 Å². The van der Waals surface area contributed by atoms with Crippen molar-refractivity contribution < 1.29 is 0 Å². The SMILES string of the molecule is C=C/C=C\C(=C)N1c2ccccc2S2(CCCC2)c2ccccc21. The zero-order valence-corrected chi connectivity index (χ0v) is 14.8. The summed E-state index contributed by atoms with van der Waals surface area (Å²) in [5, 5.41) is 0. The second-order valence-corrected chi connectivity index (χ2v) is 9.82. The fourth-order valence-corrected chi connectivity index (χ4v) is 8.51. The standard InChI is InChI=1S/C22H23NS/c1-3-4-11-18(2)23-19-12-5-7-14-21(19)24(16-9-10-17-24)22-15-8-6-13-20(22)23/h3-8,11-15H,1-2,9-10,16-17H2/b11-4-. The normalized spacial score (nSPS) is 19.1. The molecule has 1 fully saturated rings. The van der Waals surface area contributed by atoms with Crippen molar-refractivity contribution in [2.45, 2.75) is 22.6 Å². The number of benzene rings is 2. The van der Waals surface area contributed by atoms with E-state index in [1.54, 1.807) is 6.08 Å². The second-order valence-electron chi connectivity index (χ2n) is 6.36. The van der Waals surface area contributed by atoms with Crippen molar-refractivity contribution in [2.24, 2.45) is 0 Å². The number of hydrogen-bond donors (Lipinski definition) is 0. The molecular formula is C22H23NS. The molecule has 0 bridgehead atoms. The van der Waals surface area contributed by atoms with E-state index in [1.807, 2.05) is 12.2 Å². The summed E-state index contributed by atoms with van der Waals surface area (Å²) < 4.78 is 0. The fourth-order valence-electron chi connectivity index (χ4n) is 3.99. The van der Waals surface area contributed by atoms with Gasteiger partial charge in [0.25, 0.3) is 0 Å². The quantitative estimate of drug-likeness (QED) is 0.587. The number of allylic oxidation sites excluding steroid dienone is 3. The van der Waals surface area contributed by atoms with Crippen LogP contribution >= 0.6 is 10.0 Å². The Balaban J connectivity index is 1.97. The molecule has 0 radical (unpaired) electrons. The van der Waals surface area contributed by atoms with Gasteiger partial charge in [0.2, 0.25) is 0 Å². The van der Waals surface area contributed by atoms with Gasteiger partial charge in [-0.15, -0.1) is 0 Å². The summed E-state index contributed by atoms with van der Waals surface area (Å²) in [5.74, 6) is 2.65. The van der Waals surface area contributed by atoms with Crippen LogP contribution in [0, 0.1) is 0 Å². The Morgan fingerprint density at radius 3 is 2.00 bits per heavy atom. The average Bonchev–Trinajstić information content (AvgIpc) is 3.11. The maximum atomic E-state index is 4.33. The lowest BCUT2D eigenvalue weighted by Gasteiger charge is -2.47. The summed E-state index contributed by atoms with van der Waals surface area (Å²) in [7, 11) is -0.895. The summed E-state index contributed by atoms with van der Waals surface area (Å²) in [4.78, 5) is 5.39. The number of rotatable bonds is 3. The van der Waals surface area contributed by atoms with Gasteiger partial charge in [0, 0.05) is 15.5 Å². The fraction of sp³-hybridized carbons (Fsp3) is 0.182. The van der Waals surface area contributed by atoms with Crippen LogP contribution in [-0.4, -0.2) is 11.5 Å². The Kier molecular flexibility index (Phi) is 3.85. The van der Waals surface area contributed by atoms with E-state index in [4.69, 9.17) is 0 Å². The molecule has 0 aliphatic carbocycles. The van der Waals surface area contributed by atoms with Crippen LogP contribution < -0.4 is 4.90 Å². The van der Waals surface area contributed by atoms with Crippen molar-refractivity contribution in [3.63, 3.8) is 0 Å². The highest BCUT2D eigenvalue weighted by Gasteiger charge is 2.41. The largest absolute Gasteiger partial charge is 0.309 e. The van der Waals surface area contributed by atoms with Gasteiger partial charge in [-0.25, -0.2) is 0 Å². The maximum absolute atomic E-state index is 4.33. The molecule has 2 aliphatic rings. The van der Waals surface area contributed by atoms with Crippen molar-refractivity contribution in [3.8, 4) is 0 Å². The van der Waals surface area contributed by atoms with Gasteiger partial charge in [-0.3, -0.25) is 0 Å². The Morgan fingerprint density at radius 2 is 1.46 bits per heavy atom. The third-order valence-corrected chi connectivity index (χ3v) is 9.35. The Bertz CT molecular complexity index is 778. The molecule has 2 aliphatic heterocycles. The number of hydrogen-bond acceptors (Lipinski definition) is 1. The first-order chi connectivity index (χ1) is 11.8. The molecule has 2 aromatic carbocycles. The molecule has 0 aromatic heterocycles. The summed E-state index contributed by atoms with van der Waals surface area (Å²) in [6.07, 6.45) is 8.49. The zero-order chi connectivity index (χ0) is 16.6. The van der Waals surface area contributed by atoms with Gasteiger partial charge in [0.15, 0.2) is 0 Å². The molecule has 0 unspecified atom stereocenters. The molecule has 2 heterocycles. The molecule has 1 spiro atoms. The third-order valence-electron chi connectivity index (χ3n) is 5.00. The highest BCUT2D eigenvalue weighted by atomic mass is 32.3. The van der Waals surface area contributed by atoms with Gasteiger partial charge in [0.05, 0.1) is 11.4 Å². The number of anilines is 2. The van der Waals surface area contributed by atoms with E-state index in [-0.39, 0.29) is 0 Å². The second kappa shape index (κ2) is 6.03. The van der Waals surface area contributed by atoms with E-state index in [2.05, 4.69) is 66.6 Å². The van der Waals surface area contributed by atoms with Gasteiger partial charge in [0.1, 0.15) is 0 Å². The zero-order valence-electron chi connectivity index (χ0n) is 13.9. The van der Waals surface area contributed by atoms with Crippen molar-refractivity contribution in [1.82, 2.24) is 0 Å². The van der Waals surface area contributed by atoms with E-state index in [1.165, 1.54) is 45.5 Å². The molecule has 0 amide bonds. The summed E-state index contributed by atoms with van der Waals surface area (Å²) >= 11 is 0. The predicted molar refractivity (Wildman–Crippen MR) is 107 cm³/mol. The van der Waals surface area contributed by atoms with E-state index in [0.29, 0.717) is 0 Å². The van der Waals surface area contributed by atoms with Gasteiger partial charge < -0.3 is 4.90 Å². The summed E-state index contributed by atoms with van der Waals surface area (Å²) in [5.41, 5.74) is 3.61. The van der Waals surface area contributed by atoms with Crippen molar-refractivity contribution in [2.75, 3.05) is 16.4 Å². The van der Waals surface area contributed by atoms with Crippen LogP contribution in [-0.2, 0) is 0 Å². The Labute approximate surface area is 146 Å². The van der Waals surface area contributed by atoms with Crippen LogP contribution in [0.1, 0.15) is 12.8 Å². The summed E-state index contributed by atoms with van der Waals surface area (Å²) in [6.45, 7) is 8.11. The molecule has 0 saturated carbocycles. The van der Waals surface area contributed by atoms with Crippen LogP contribution in [0.5, 0.6) is 0 Å².